The maximum absolute atomic E-state index is 13.2. The second-order valence-corrected chi connectivity index (χ2v) is 9.39. The summed E-state index contributed by atoms with van der Waals surface area (Å²) in [5.74, 6) is 0.152. The van der Waals surface area contributed by atoms with Gasteiger partial charge in [0.1, 0.15) is 11.4 Å². The summed E-state index contributed by atoms with van der Waals surface area (Å²) in [5, 5.41) is 4.31. The van der Waals surface area contributed by atoms with Gasteiger partial charge in [-0.05, 0) is 54.5 Å². The van der Waals surface area contributed by atoms with Crippen molar-refractivity contribution in [1.82, 2.24) is 19.6 Å². The number of carbonyl (C=O) groups excluding carboxylic acids is 2. The Kier molecular flexibility index (Phi) is 9.25. The van der Waals surface area contributed by atoms with Gasteiger partial charge in [-0.3, -0.25) is 19.2 Å². The Hall–Kier alpha value is -3.56. The zero-order valence-corrected chi connectivity index (χ0v) is 21.8. The van der Waals surface area contributed by atoms with Crippen LogP contribution in [0.2, 0.25) is 5.02 Å². The number of nitrogens with zero attached hydrogens (tertiary/aromatic N) is 4. The van der Waals surface area contributed by atoms with Gasteiger partial charge in [0.25, 0.3) is 12.3 Å². The second-order valence-electron chi connectivity index (χ2n) is 8.98. The van der Waals surface area contributed by atoms with Gasteiger partial charge >= 0.3 is 0 Å². The largest absolute Gasteiger partial charge is 0.494 e. The van der Waals surface area contributed by atoms with Gasteiger partial charge in [-0.2, -0.15) is 5.10 Å². The van der Waals surface area contributed by atoms with E-state index in [0.717, 1.165) is 18.5 Å². The standard InChI is InChI=1S/C28H29ClF2N4O3/c1-33-19-23(26(32-33)27(30)31)28(37)35-16-14-34(15-17-35)13-4-18-38-22-10-7-21(8-11-22)25(36)12-9-20-5-2-3-6-24(20)29/h2-3,5-12,19,27H,4,13-18H2,1H3/b12-9+. The maximum Gasteiger partial charge on any atom is 0.282 e. The number of hydrogen-bond acceptors (Lipinski definition) is 5. The maximum atomic E-state index is 13.2. The number of aromatic nitrogens is 2. The molecular weight excluding hydrogens is 514 g/mol. The minimum Gasteiger partial charge on any atom is -0.494 e. The Bertz CT molecular complexity index is 1290. The summed E-state index contributed by atoms with van der Waals surface area (Å²) in [4.78, 5) is 29.0. The molecule has 1 saturated heterocycles. The summed E-state index contributed by atoms with van der Waals surface area (Å²) in [6, 6.07) is 14.3. The topological polar surface area (TPSA) is 67.7 Å². The number of ether oxygens (including phenoxy) is 1. The molecule has 0 bridgehead atoms. The molecule has 0 radical (unpaired) electrons. The molecule has 1 amide bonds. The van der Waals surface area contributed by atoms with Crippen molar-refractivity contribution in [3.8, 4) is 5.75 Å². The molecule has 4 rings (SSSR count). The number of ketones is 1. The normalized spacial score (nSPS) is 14.4. The first-order valence-corrected chi connectivity index (χ1v) is 12.7. The number of allylic oxidation sites excluding steroid dienone is 1. The van der Waals surface area contributed by atoms with E-state index in [1.807, 2.05) is 18.2 Å². The molecule has 1 aliphatic rings. The van der Waals surface area contributed by atoms with Crippen LogP contribution in [-0.2, 0) is 7.05 Å². The summed E-state index contributed by atoms with van der Waals surface area (Å²) in [7, 11) is 1.53. The smallest absolute Gasteiger partial charge is 0.282 e. The number of rotatable bonds is 10. The van der Waals surface area contributed by atoms with E-state index in [-0.39, 0.29) is 11.3 Å². The van der Waals surface area contributed by atoms with Crippen LogP contribution in [-0.4, -0.2) is 70.6 Å². The molecule has 1 aromatic heterocycles. The van der Waals surface area contributed by atoms with Crippen molar-refractivity contribution in [3.63, 3.8) is 0 Å². The number of benzene rings is 2. The molecule has 1 aliphatic heterocycles. The van der Waals surface area contributed by atoms with E-state index in [9.17, 15) is 18.4 Å². The van der Waals surface area contributed by atoms with Crippen molar-refractivity contribution in [3.05, 3.63) is 88.2 Å². The number of aryl methyl sites for hydroxylation is 1. The lowest BCUT2D eigenvalue weighted by molar-refractivity contribution is 0.0620. The summed E-state index contributed by atoms with van der Waals surface area (Å²) < 4.78 is 33.4. The van der Waals surface area contributed by atoms with Crippen LogP contribution in [0.3, 0.4) is 0 Å². The van der Waals surface area contributed by atoms with Gasteiger partial charge in [-0.1, -0.05) is 29.8 Å². The molecule has 0 unspecified atom stereocenters. The fourth-order valence-corrected chi connectivity index (χ4v) is 4.44. The van der Waals surface area contributed by atoms with Gasteiger partial charge in [0.05, 0.1) is 12.2 Å². The number of carbonyl (C=O) groups is 2. The Balaban J connectivity index is 1.17. The molecule has 10 heteroatoms. The molecule has 1 fully saturated rings. The van der Waals surface area contributed by atoms with E-state index in [1.54, 1.807) is 41.3 Å². The van der Waals surface area contributed by atoms with Crippen LogP contribution in [0.15, 0.2) is 60.8 Å². The molecule has 0 N–H and O–H groups in total. The number of halogens is 3. The van der Waals surface area contributed by atoms with Crippen molar-refractivity contribution in [2.75, 3.05) is 39.3 Å². The van der Waals surface area contributed by atoms with Crippen molar-refractivity contribution in [1.29, 1.82) is 0 Å². The van der Waals surface area contributed by atoms with Crippen LogP contribution in [0.25, 0.3) is 6.08 Å². The average Bonchev–Trinajstić information content (AvgIpc) is 3.33. The molecule has 2 heterocycles. The van der Waals surface area contributed by atoms with E-state index in [2.05, 4.69) is 10.00 Å². The zero-order chi connectivity index (χ0) is 27.1. The van der Waals surface area contributed by atoms with Crippen LogP contribution < -0.4 is 4.74 Å². The molecule has 2 aromatic carbocycles. The molecule has 3 aromatic rings. The highest BCUT2D eigenvalue weighted by atomic mass is 35.5. The van der Waals surface area contributed by atoms with Gasteiger partial charge in [-0.15, -0.1) is 0 Å². The monoisotopic (exact) mass is 542 g/mol. The van der Waals surface area contributed by atoms with Crippen molar-refractivity contribution < 1.29 is 23.1 Å². The van der Waals surface area contributed by atoms with Crippen LogP contribution in [0, 0.1) is 0 Å². The highest BCUT2D eigenvalue weighted by Crippen LogP contribution is 2.23. The van der Waals surface area contributed by atoms with E-state index >= 15 is 0 Å². The van der Waals surface area contributed by atoms with Gasteiger partial charge in [-0.25, -0.2) is 8.78 Å². The number of piperazine rings is 1. The van der Waals surface area contributed by atoms with Gasteiger partial charge in [0, 0.05) is 56.6 Å². The highest BCUT2D eigenvalue weighted by molar-refractivity contribution is 6.32. The molecule has 0 aliphatic carbocycles. The Morgan fingerprint density at radius 3 is 2.47 bits per heavy atom. The third-order valence-corrected chi connectivity index (χ3v) is 6.64. The van der Waals surface area contributed by atoms with Gasteiger partial charge < -0.3 is 9.64 Å². The van der Waals surface area contributed by atoms with E-state index < -0.39 is 18.0 Å². The number of hydrogen-bond donors (Lipinski definition) is 0. The lowest BCUT2D eigenvalue weighted by Crippen LogP contribution is -2.49. The van der Waals surface area contributed by atoms with Gasteiger partial charge in [0.2, 0.25) is 0 Å². The molecular formula is C28H29ClF2N4O3. The highest BCUT2D eigenvalue weighted by Gasteiger charge is 2.28. The molecule has 0 saturated carbocycles. The van der Waals surface area contributed by atoms with Crippen molar-refractivity contribution in [2.45, 2.75) is 12.8 Å². The fraction of sp³-hybridized carbons (Fsp3) is 0.321. The summed E-state index contributed by atoms with van der Waals surface area (Å²) in [6.45, 7) is 3.56. The molecule has 0 atom stereocenters. The van der Waals surface area contributed by atoms with Crippen LogP contribution in [0.1, 0.15) is 44.8 Å². The summed E-state index contributed by atoms with van der Waals surface area (Å²) in [5.41, 5.74) is 0.835. The fourth-order valence-electron chi connectivity index (χ4n) is 4.24. The third-order valence-electron chi connectivity index (χ3n) is 6.30. The lowest BCUT2D eigenvalue weighted by Gasteiger charge is -2.34. The van der Waals surface area contributed by atoms with Crippen LogP contribution in [0.5, 0.6) is 5.75 Å². The number of amides is 1. The summed E-state index contributed by atoms with van der Waals surface area (Å²) in [6.07, 6.45) is 2.55. The van der Waals surface area contributed by atoms with Crippen molar-refractivity contribution >= 4 is 29.4 Å². The molecule has 38 heavy (non-hydrogen) atoms. The SMILES string of the molecule is Cn1cc(C(=O)N2CCN(CCCOc3ccc(C(=O)/C=C/c4ccccc4Cl)cc3)CC2)c(C(F)F)n1. The summed E-state index contributed by atoms with van der Waals surface area (Å²) >= 11 is 6.12. The molecule has 200 valence electrons. The van der Waals surface area contributed by atoms with Gasteiger partial charge in [0.15, 0.2) is 5.78 Å². The molecule has 7 nitrogen and oxygen atoms in total. The predicted molar refractivity (Wildman–Crippen MR) is 142 cm³/mol. The number of alkyl halides is 2. The Morgan fingerprint density at radius 2 is 1.79 bits per heavy atom. The lowest BCUT2D eigenvalue weighted by atomic mass is 10.1. The zero-order valence-electron chi connectivity index (χ0n) is 21.0. The van der Waals surface area contributed by atoms with E-state index in [1.165, 1.54) is 24.0 Å². The average molecular weight is 543 g/mol. The first kappa shape index (κ1) is 27.5. The first-order valence-electron chi connectivity index (χ1n) is 12.3. The Labute approximate surface area is 225 Å². The quantitative estimate of drug-likeness (QED) is 0.202. The van der Waals surface area contributed by atoms with Crippen LogP contribution in [0.4, 0.5) is 8.78 Å². The predicted octanol–water partition coefficient (Wildman–Crippen LogP) is 5.13. The van der Waals surface area contributed by atoms with E-state index in [0.29, 0.717) is 49.1 Å². The minimum atomic E-state index is -2.79. The second kappa shape index (κ2) is 12.8. The minimum absolute atomic E-state index is 0.0336. The van der Waals surface area contributed by atoms with E-state index in [4.69, 9.17) is 16.3 Å². The third kappa shape index (κ3) is 7.05. The van der Waals surface area contributed by atoms with Crippen molar-refractivity contribution in [2.24, 2.45) is 7.05 Å². The van der Waals surface area contributed by atoms with Crippen LogP contribution >= 0.6 is 11.6 Å². The first-order chi connectivity index (χ1) is 18.3. The molecule has 0 spiro atoms. The Morgan fingerprint density at radius 1 is 1.08 bits per heavy atom.